The van der Waals surface area contributed by atoms with Crippen molar-refractivity contribution in [2.45, 2.75) is 10.4 Å². The molecule has 0 aliphatic rings. The molecule has 0 aliphatic carbocycles. The van der Waals surface area contributed by atoms with Gasteiger partial charge in [0.05, 0.1) is 0 Å². The first-order valence-corrected chi connectivity index (χ1v) is 7.96. The Morgan fingerprint density at radius 1 is 1.16 bits per heavy atom. The molecular formula is C15H14N2S2. The Labute approximate surface area is 120 Å². The second kappa shape index (κ2) is 5.74. The van der Waals surface area contributed by atoms with Gasteiger partial charge in [0.2, 0.25) is 0 Å². The number of aromatic nitrogens is 1. The molecule has 0 spiro atoms. The molecule has 2 N–H and O–H groups in total. The molecule has 0 fully saturated rings. The lowest BCUT2D eigenvalue weighted by atomic mass is 10.0. The lowest BCUT2D eigenvalue weighted by Gasteiger charge is -2.13. The van der Waals surface area contributed by atoms with Crippen LogP contribution in [0.15, 0.2) is 58.4 Å². The molecule has 19 heavy (non-hydrogen) atoms. The van der Waals surface area contributed by atoms with Gasteiger partial charge in [-0.15, -0.1) is 11.3 Å². The highest BCUT2D eigenvalue weighted by Gasteiger charge is 2.10. The topological polar surface area (TPSA) is 38.9 Å². The Morgan fingerprint density at radius 3 is 2.84 bits per heavy atom. The molecular weight excluding hydrogens is 272 g/mol. The first-order valence-electron chi connectivity index (χ1n) is 6.10. The highest BCUT2D eigenvalue weighted by molar-refractivity contribution is 8.01. The molecule has 2 nitrogen and oxygen atoms in total. The number of thiazole rings is 1. The minimum absolute atomic E-state index is 0.0278. The van der Waals surface area contributed by atoms with Crippen LogP contribution in [0.3, 0.4) is 0 Å². The summed E-state index contributed by atoms with van der Waals surface area (Å²) in [7, 11) is 0. The van der Waals surface area contributed by atoms with E-state index in [-0.39, 0.29) is 6.04 Å². The average molecular weight is 286 g/mol. The molecule has 0 aliphatic heterocycles. The molecule has 0 radical (unpaired) electrons. The smallest absolute Gasteiger partial charge is 0.149 e. The van der Waals surface area contributed by atoms with Gasteiger partial charge in [-0.3, -0.25) is 0 Å². The predicted octanol–water partition coefficient (Wildman–Crippen LogP) is 4.09. The predicted molar refractivity (Wildman–Crippen MR) is 83.7 cm³/mol. The summed E-state index contributed by atoms with van der Waals surface area (Å²) < 4.78 is 1.08. The number of hydrogen-bond donors (Lipinski definition) is 1. The highest BCUT2D eigenvalue weighted by Crippen LogP contribution is 2.28. The highest BCUT2D eigenvalue weighted by atomic mass is 32.2. The molecule has 3 rings (SSSR count). The average Bonchev–Trinajstić information content (AvgIpc) is 2.97. The van der Waals surface area contributed by atoms with Gasteiger partial charge in [-0.25, -0.2) is 4.98 Å². The second-order valence-corrected chi connectivity index (χ2v) is 6.45. The van der Waals surface area contributed by atoms with E-state index in [1.165, 1.54) is 16.3 Å². The van der Waals surface area contributed by atoms with Crippen molar-refractivity contribution >= 4 is 33.9 Å². The molecule has 4 heteroatoms. The number of nitrogens with two attached hydrogens (primary N) is 1. The molecule has 3 aromatic rings. The number of fused-ring (bicyclic) bond motifs is 1. The van der Waals surface area contributed by atoms with Crippen molar-refractivity contribution in [1.29, 1.82) is 0 Å². The Hall–Kier alpha value is -1.36. The van der Waals surface area contributed by atoms with Crippen molar-refractivity contribution in [3.8, 4) is 0 Å². The third-order valence-electron chi connectivity index (χ3n) is 3.02. The van der Waals surface area contributed by atoms with Crippen LogP contribution in [0.25, 0.3) is 10.8 Å². The monoisotopic (exact) mass is 286 g/mol. The first-order chi connectivity index (χ1) is 9.34. The van der Waals surface area contributed by atoms with Gasteiger partial charge in [-0.2, -0.15) is 0 Å². The van der Waals surface area contributed by atoms with Crippen molar-refractivity contribution in [1.82, 2.24) is 4.98 Å². The summed E-state index contributed by atoms with van der Waals surface area (Å²) in [6.07, 6.45) is 1.83. The maximum Gasteiger partial charge on any atom is 0.149 e. The van der Waals surface area contributed by atoms with Crippen molar-refractivity contribution < 1.29 is 0 Å². The summed E-state index contributed by atoms with van der Waals surface area (Å²) in [4.78, 5) is 4.27. The van der Waals surface area contributed by atoms with E-state index in [1.807, 2.05) is 11.6 Å². The summed E-state index contributed by atoms with van der Waals surface area (Å²) in [6.45, 7) is 0. The molecule has 1 aromatic heterocycles. The Kier molecular flexibility index (Phi) is 3.82. The summed E-state index contributed by atoms with van der Waals surface area (Å²) in [6, 6.07) is 14.7. The standard InChI is InChI=1S/C15H14N2S2/c16-14(10-19-15-17-8-9-18-15)13-7-3-5-11-4-1-2-6-12(11)13/h1-9,14H,10,16H2. The van der Waals surface area contributed by atoms with Gasteiger partial charge < -0.3 is 5.73 Å². The van der Waals surface area contributed by atoms with Crippen molar-refractivity contribution in [3.63, 3.8) is 0 Å². The van der Waals surface area contributed by atoms with Gasteiger partial charge in [0, 0.05) is 23.4 Å². The number of benzene rings is 2. The molecule has 1 atom stereocenters. The second-order valence-electron chi connectivity index (χ2n) is 4.28. The van der Waals surface area contributed by atoms with E-state index in [0.717, 1.165) is 10.1 Å². The summed E-state index contributed by atoms with van der Waals surface area (Å²) in [5.41, 5.74) is 7.54. The zero-order valence-electron chi connectivity index (χ0n) is 10.3. The van der Waals surface area contributed by atoms with Crippen molar-refractivity contribution in [3.05, 3.63) is 59.6 Å². The molecule has 1 heterocycles. The third-order valence-corrected chi connectivity index (χ3v) is 5.10. The van der Waals surface area contributed by atoms with Crippen molar-refractivity contribution in [2.24, 2.45) is 5.73 Å². The maximum absolute atomic E-state index is 6.33. The van der Waals surface area contributed by atoms with Crippen LogP contribution in [0.5, 0.6) is 0 Å². The number of rotatable bonds is 4. The summed E-state index contributed by atoms with van der Waals surface area (Å²) >= 11 is 3.38. The lowest BCUT2D eigenvalue weighted by Crippen LogP contribution is -2.13. The van der Waals surface area contributed by atoms with Gasteiger partial charge >= 0.3 is 0 Å². The Balaban J connectivity index is 1.83. The van der Waals surface area contributed by atoms with Crippen molar-refractivity contribution in [2.75, 3.05) is 5.75 Å². The van der Waals surface area contributed by atoms with Crippen LogP contribution < -0.4 is 5.73 Å². The number of hydrogen-bond acceptors (Lipinski definition) is 4. The summed E-state index contributed by atoms with van der Waals surface area (Å²) in [5, 5.41) is 4.48. The fraction of sp³-hybridized carbons (Fsp3) is 0.133. The van der Waals surface area contributed by atoms with Gasteiger partial charge in [0.1, 0.15) is 4.34 Å². The fourth-order valence-corrected chi connectivity index (χ4v) is 3.75. The van der Waals surface area contributed by atoms with Gasteiger partial charge in [-0.1, -0.05) is 54.2 Å². The van der Waals surface area contributed by atoms with Gasteiger partial charge in [-0.05, 0) is 16.3 Å². The van der Waals surface area contributed by atoms with Crippen LogP contribution in [-0.4, -0.2) is 10.7 Å². The molecule has 0 saturated carbocycles. The molecule has 0 bridgehead atoms. The maximum atomic E-state index is 6.33. The first kappa shape index (κ1) is 12.7. The van der Waals surface area contributed by atoms with Crippen LogP contribution in [-0.2, 0) is 0 Å². The van der Waals surface area contributed by atoms with E-state index in [2.05, 4.69) is 47.4 Å². The van der Waals surface area contributed by atoms with Gasteiger partial charge in [0.25, 0.3) is 0 Å². The minimum Gasteiger partial charge on any atom is -0.323 e. The Morgan fingerprint density at radius 2 is 2.00 bits per heavy atom. The molecule has 96 valence electrons. The fourth-order valence-electron chi connectivity index (χ4n) is 2.11. The van der Waals surface area contributed by atoms with Crippen LogP contribution in [0.2, 0.25) is 0 Å². The normalized spacial score (nSPS) is 12.7. The lowest BCUT2D eigenvalue weighted by molar-refractivity contribution is 0.839. The van der Waals surface area contributed by atoms with E-state index in [9.17, 15) is 0 Å². The molecule has 1 unspecified atom stereocenters. The summed E-state index contributed by atoms with van der Waals surface area (Å²) in [5.74, 6) is 0.849. The van der Waals surface area contributed by atoms with E-state index in [4.69, 9.17) is 5.73 Å². The minimum atomic E-state index is 0.0278. The van der Waals surface area contributed by atoms with E-state index >= 15 is 0 Å². The number of thioether (sulfide) groups is 1. The van der Waals surface area contributed by atoms with Crippen LogP contribution in [0.1, 0.15) is 11.6 Å². The zero-order valence-corrected chi connectivity index (χ0v) is 12.0. The van der Waals surface area contributed by atoms with E-state index < -0.39 is 0 Å². The zero-order chi connectivity index (χ0) is 13.1. The van der Waals surface area contributed by atoms with Gasteiger partial charge in [0.15, 0.2) is 0 Å². The van der Waals surface area contributed by atoms with Crippen LogP contribution in [0.4, 0.5) is 0 Å². The largest absolute Gasteiger partial charge is 0.323 e. The molecule has 0 saturated heterocycles. The Bertz CT molecular complexity index is 659. The number of nitrogens with zero attached hydrogens (tertiary/aromatic N) is 1. The molecule has 0 amide bonds. The third kappa shape index (κ3) is 2.81. The van der Waals surface area contributed by atoms with E-state index in [1.54, 1.807) is 23.1 Å². The van der Waals surface area contributed by atoms with Crippen LogP contribution in [0, 0.1) is 0 Å². The van der Waals surface area contributed by atoms with Crippen LogP contribution >= 0.6 is 23.1 Å². The molecule has 2 aromatic carbocycles. The SMILES string of the molecule is NC(CSc1nccs1)c1cccc2ccccc12. The van der Waals surface area contributed by atoms with E-state index in [0.29, 0.717) is 0 Å². The quantitative estimate of drug-likeness (QED) is 0.734.